The maximum Gasteiger partial charge on any atom is 0.231 e. The number of carbonyl (C=O) groups excluding carboxylic acids is 1. The van der Waals surface area contributed by atoms with Gasteiger partial charge in [-0.25, -0.2) is 4.39 Å². The molecule has 152 valence electrons. The first kappa shape index (κ1) is 19.5. The van der Waals surface area contributed by atoms with Crippen LogP contribution in [0.25, 0.3) is 17.0 Å². The standard InChI is InChI=1S/C22H20FN5O2/c1-15-2-4-16(5-3-15)14-20(29)24-12-13-30-21-11-10-19-25-26-22(28(19)27-21)17-6-8-18(23)9-7-17/h2-11H,12-14H2,1H3,(H,24,29). The van der Waals surface area contributed by atoms with E-state index in [0.29, 0.717) is 35.9 Å². The number of benzene rings is 2. The smallest absolute Gasteiger partial charge is 0.231 e. The van der Waals surface area contributed by atoms with Crippen LogP contribution in [0.4, 0.5) is 4.39 Å². The number of amides is 1. The third-order valence-electron chi connectivity index (χ3n) is 4.50. The average molecular weight is 405 g/mol. The third kappa shape index (κ3) is 4.60. The highest BCUT2D eigenvalue weighted by atomic mass is 19.1. The summed E-state index contributed by atoms with van der Waals surface area (Å²) in [6, 6.07) is 17.2. The summed E-state index contributed by atoms with van der Waals surface area (Å²) in [5.41, 5.74) is 3.37. The zero-order chi connectivity index (χ0) is 20.9. The van der Waals surface area contributed by atoms with Crippen molar-refractivity contribution in [3.8, 4) is 17.3 Å². The number of rotatable bonds is 7. The number of hydrogen-bond donors (Lipinski definition) is 1. The molecule has 8 heteroatoms. The van der Waals surface area contributed by atoms with Crippen LogP contribution < -0.4 is 10.1 Å². The van der Waals surface area contributed by atoms with Crippen LogP contribution in [0.3, 0.4) is 0 Å². The number of nitrogens with zero attached hydrogens (tertiary/aromatic N) is 4. The number of hydrogen-bond acceptors (Lipinski definition) is 5. The molecule has 30 heavy (non-hydrogen) atoms. The Balaban J connectivity index is 1.34. The van der Waals surface area contributed by atoms with Gasteiger partial charge in [0.05, 0.1) is 13.0 Å². The van der Waals surface area contributed by atoms with E-state index in [2.05, 4.69) is 20.6 Å². The number of nitrogens with one attached hydrogen (secondary N) is 1. The Hall–Kier alpha value is -3.81. The van der Waals surface area contributed by atoms with Crippen LogP contribution >= 0.6 is 0 Å². The fourth-order valence-corrected chi connectivity index (χ4v) is 2.93. The Morgan fingerprint density at radius 3 is 2.57 bits per heavy atom. The van der Waals surface area contributed by atoms with Crippen LogP contribution in [0.5, 0.6) is 5.88 Å². The van der Waals surface area contributed by atoms with Crippen molar-refractivity contribution in [3.05, 3.63) is 77.6 Å². The molecule has 0 saturated carbocycles. The van der Waals surface area contributed by atoms with Crippen LogP contribution in [0, 0.1) is 12.7 Å². The molecule has 1 N–H and O–H groups in total. The molecular formula is C22H20FN5O2. The van der Waals surface area contributed by atoms with Gasteiger partial charge in [-0.3, -0.25) is 4.79 Å². The number of carbonyl (C=O) groups is 1. The number of fused-ring (bicyclic) bond motifs is 1. The molecule has 7 nitrogen and oxygen atoms in total. The zero-order valence-corrected chi connectivity index (χ0v) is 16.4. The van der Waals surface area contributed by atoms with Gasteiger partial charge in [0.15, 0.2) is 11.5 Å². The molecule has 0 aliphatic heterocycles. The Morgan fingerprint density at radius 2 is 1.80 bits per heavy atom. The zero-order valence-electron chi connectivity index (χ0n) is 16.4. The first-order chi connectivity index (χ1) is 14.6. The van der Waals surface area contributed by atoms with Crippen LogP contribution in [-0.4, -0.2) is 38.9 Å². The molecule has 0 unspecified atom stereocenters. The molecule has 0 fully saturated rings. The van der Waals surface area contributed by atoms with E-state index in [9.17, 15) is 9.18 Å². The molecule has 4 rings (SSSR count). The maximum atomic E-state index is 13.2. The van der Waals surface area contributed by atoms with Crippen molar-refractivity contribution in [2.45, 2.75) is 13.3 Å². The minimum atomic E-state index is -0.325. The Kier molecular flexibility index (Phi) is 5.65. The molecule has 4 aromatic rings. The van der Waals surface area contributed by atoms with Crippen LogP contribution in [0.1, 0.15) is 11.1 Å². The van der Waals surface area contributed by atoms with Gasteiger partial charge in [0.2, 0.25) is 11.8 Å². The Morgan fingerprint density at radius 1 is 1.03 bits per heavy atom. The molecule has 1 amide bonds. The normalized spacial score (nSPS) is 10.9. The molecular weight excluding hydrogens is 385 g/mol. The minimum absolute atomic E-state index is 0.0664. The van der Waals surface area contributed by atoms with E-state index in [4.69, 9.17) is 4.74 Å². The van der Waals surface area contributed by atoms with Gasteiger partial charge in [-0.1, -0.05) is 29.8 Å². The highest BCUT2D eigenvalue weighted by molar-refractivity contribution is 5.78. The van der Waals surface area contributed by atoms with E-state index >= 15 is 0 Å². The second kappa shape index (κ2) is 8.69. The first-order valence-electron chi connectivity index (χ1n) is 9.52. The topological polar surface area (TPSA) is 81.4 Å². The maximum absolute atomic E-state index is 13.2. The van der Waals surface area contributed by atoms with E-state index in [0.717, 1.165) is 11.1 Å². The summed E-state index contributed by atoms with van der Waals surface area (Å²) < 4.78 is 20.4. The monoisotopic (exact) mass is 405 g/mol. The lowest BCUT2D eigenvalue weighted by molar-refractivity contribution is -0.120. The molecule has 2 heterocycles. The molecule has 0 atom stereocenters. The van der Waals surface area contributed by atoms with E-state index in [1.165, 1.54) is 12.1 Å². The van der Waals surface area contributed by atoms with Crippen molar-refractivity contribution in [2.24, 2.45) is 0 Å². The number of ether oxygens (including phenoxy) is 1. The molecule has 0 aliphatic rings. The molecule has 0 aliphatic carbocycles. The summed E-state index contributed by atoms with van der Waals surface area (Å²) in [4.78, 5) is 12.0. The van der Waals surface area contributed by atoms with Crippen LogP contribution in [0.15, 0.2) is 60.7 Å². The predicted molar refractivity (Wildman–Crippen MR) is 110 cm³/mol. The van der Waals surface area contributed by atoms with E-state index < -0.39 is 0 Å². The summed E-state index contributed by atoms with van der Waals surface area (Å²) in [5, 5.41) is 15.4. The quantitative estimate of drug-likeness (QED) is 0.478. The lowest BCUT2D eigenvalue weighted by atomic mass is 10.1. The predicted octanol–water partition coefficient (Wildman–Crippen LogP) is 2.98. The van der Waals surface area contributed by atoms with Gasteiger partial charge < -0.3 is 10.1 Å². The fourth-order valence-electron chi connectivity index (χ4n) is 2.93. The number of aryl methyl sites for hydroxylation is 1. The van der Waals surface area contributed by atoms with Gasteiger partial charge >= 0.3 is 0 Å². The van der Waals surface area contributed by atoms with Gasteiger partial charge in [-0.15, -0.1) is 15.3 Å². The van der Waals surface area contributed by atoms with E-state index in [1.54, 1.807) is 28.8 Å². The lowest BCUT2D eigenvalue weighted by Gasteiger charge is -2.08. The van der Waals surface area contributed by atoms with Crippen molar-refractivity contribution >= 4 is 11.6 Å². The summed E-state index contributed by atoms with van der Waals surface area (Å²) in [6.07, 6.45) is 0.326. The van der Waals surface area contributed by atoms with Gasteiger partial charge in [-0.05, 0) is 42.8 Å². The molecule has 0 spiro atoms. The van der Waals surface area contributed by atoms with E-state index in [1.807, 2.05) is 31.2 Å². The summed E-state index contributed by atoms with van der Waals surface area (Å²) >= 11 is 0. The second-order valence-electron chi connectivity index (χ2n) is 6.83. The second-order valence-corrected chi connectivity index (χ2v) is 6.83. The molecule has 2 aromatic heterocycles. The van der Waals surface area contributed by atoms with Crippen molar-refractivity contribution < 1.29 is 13.9 Å². The van der Waals surface area contributed by atoms with Crippen molar-refractivity contribution in [2.75, 3.05) is 13.2 Å². The number of halogens is 1. The van der Waals surface area contributed by atoms with Crippen molar-refractivity contribution in [3.63, 3.8) is 0 Å². The SMILES string of the molecule is Cc1ccc(CC(=O)NCCOc2ccc3nnc(-c4ccc(F)cc4)n3n2)cc1. The average Bonchev–Trinajstić information content (AvgIpc) is 3.17. The van der Waals surface area contributed by atoms with Gasteiger partial charge in [-0.2, -0.15) is 4.52 Å². The summed E-state index contributed by atoms with van der Waals surface area (Å²) in [6.45, 7) is 2.64. The van der Waals surface area contributed by atoms with Crippen LogP contribution in [0.2, 0.25) is 0 Å². The highest BCUT2D eigenvalue weighted by Gasteiger charge is 2.11. The Labute approximate surface area is 172 Å². The highest BCUT2D eigenvalue weighted by Crippen LogP contribution is 2.19. The molecule has 2 aromatic carbocycles. The van der Waals surface area contributed by atoms with E-state index in [-0.39, 0.29) is 18.3 Å². The Bertz CT molecular complexity index is 1160. The summed E-state index contributed by atoms with van der Waals surface area (Å²) in [7, 11) is 0. The van der Waals surface area contributed by atoms with Gasteiger partial charge in [0, 0.05) is 11.6 Å². The van der Waals surface area contributed by atoms with Crippen molar-refractivity contribution in [1.82, 2.24) is 25.1 Å². The van der Waals surface area contributed by atoms with Crippen molar-refractivity contribution in [1.29, 1.82) is 0 Å². The molecule has 0 radical (unpaired) electrons. The lowest BCUT2D eigenvalue weighted by Crippen LogP contribution is -2.29. The van der Waals surface area contributed by atoms with Gasteiger partial charge in [0.1, 0.15) is 12.4 Å². The molecule has 0 bridgehead atoms. The summed E-state index contributed by atoms with van der Waals surface area (Å²) in [5.74, 6) is 0.470. The third-order valence-corrected chi connectivity index (χ3v) is 4.50. The fraction of sp³-hybridized carbons (Fsp3) is 0.182. The minimum Gasteiger partial charge on any atom is -0.475 e. The number of aromatic nitrogens is 4. The molecule has 0 saturated heterocycles. The van der Waals surface area contributed by atoms with Crippen LogP contribution in [-0.2, 0) is 11.2 Å². The van der Waals surface area contributed by atoms with Gasteiger partial charge in [0.25, 0.3) is 0 Å². The first-order valence-corrected chi connectivity index (χ1v) is 9.52. The largest absolute Gasteiger partial charge is 0.475 e.